The first-order valence-corrected chi connectivity index (χ1v) is 11.8. The number of carbonyl (C=O) groups excluding carboxylic acids is 1. The zero-order valence-electron chi connectivity index (χ0n) is 19.7. The van der Waals surface area contributed by atoms with E-state index in [-0.39, 0.29) is 11.4 Å². The van der Waals surface area contributed by atoms with Crippen LogP contribution in [0, 0.1) is 0 Å². The normalized spacial score (nSPS) is 15.4. The molecule has 1 aliphatic rings. The molecule has 9 heteroatoms. The molecule has 2 aromatic heterocycles. The lowest BCUT2D eigenvalue weighted by molar-refractivity contribution is -0.153. The molecule has 6 nitrogen and oxygen atoms in total. The number of pyridine rings is 1. The van der Waals surface area contributed by atoms with Gasteiger partial charge < -0.3 is 19.7 Å². The van der Waals surface area contributed by atoms with Gasteiger partial charge in [0.2, 0.25) is 5.76 Å². The fraction of sp³-hybridized carbons (Fsp3) is 0.214. The van der Waals surface area contributed by atoms with Gasteiger partial charge in [0.15, 0.2) is 0 Å². The molecule has 2 N–H and O–H groups in total. The number of carbonyl (C=O) groups is 1. The van der Waals surface area contributed by atoms with Gasteiger partial charge in [0.05, 0.1) is 23.0 Å². The number of nitrogens with zero attached hydrogens (tertiary/aromatic N) is 2. The molecule has 190 valence electrons. The number of anilines is 2. The second-order valence-corrected chi connectivity index (χ2v) is 8.96. The maximum atomic E-state index is 13.6. The van der Waals surface area contributed by atoms with Crippen LogP contribution in [0.3, 0.4) is 0 Å². The van der Waals surface area contributed by atoms with Crippen LogP contribution in [0.4, 0.5) is 24.7 Å². The van der Waals surface area contributed by atoms with E-state index in [2.05, 4.69) is 10.3 Å². The summed E-state index contributed by atoms with van der Waals surface area (Å²) in [5.74, 6) is -1.70. The van der Waals surface area contributed by atoms with E-state index in [1.165, 1.54) is 6.20 Å². The molecular formula is C28H24F3N3O3. The quantitative estimate of drug-likeness (QED) is 0.341. The summed E-state index contributed by atoms with van der Waals surface area (Å²) in [6, 6.07) is 22.2. The van der Waals surface area contributed by atoms with Crippen LogP contribution >= 0.6 is 0 Å². The molecule has 0 saturated carbocycles. The summed E-state index contributed by atoms with van der Waals surface area (Å²) >= 11 is 0. The third-order valence-corrected chi connectivity index (χ3v) is 6.52. The van der Waals surface area contributed by atoms with E-state index >= 15 is 0 Å². The largest absolute Gasteiger partial charge is 0.451 e. The van der Waals surface area contributed by atoms with Gasteiger partial charge >= 0.3 is 6.18 Å². The van der Waals surface area contributed by atoms with Gasteiger partial charge in [-0.25, -0.2) is 4.98 Å². The minimum atomic E-state index is -4.84. The average molecular weight is 508 g/mol. The third-order valence-electron chi connectivity index (χ3n) is 6.52. The standard InChI is InChI=1S/C28H24F3N3O3/c29-28(30,31)25-22(17-23(37-25)19-7-3-1-4-8-19)26(35)33-21-11-12-24(32-18-21)34-15-13-27(36,14-16-34)20-9-5-2-6-10-20/h1-12,17-18,36H,13-16H2,(H,33,35). The molecule has 0 bridgehead atoms. The van der Waals surface area contributed by atoms with Gasteiger partial charge in [-0.2, -0.15) is 13.2 Å². The van der Waals surface area contributed by atoms with Crippen molar-refractivity contribution in [2.45, 2.75) is 24.6 Å². The van der Waals surface area contributed by atoms with Crippen molar-refractivity contribution in [1.82, 2.24) is 4.98 Å². The molecule has 0 unspecified atom stereocenters. The van der Waals surface area contributed by atoms with Crippen LogP contribution in [0.1, 0.15) is 34.5 Å². The third kappa shape index (κ3) is 5.22. The maximum absolute atomic E-state index is 13.6. The highest BCUT2D eigenvalue weighted by Crippen LogP contribution is 2.38. The molecule has 1 aliphatic heterocycles. The number of alkyl halides is 3. The first-order valence-electron chi connectivity index (χ1n) is 11.8. The van der Waals surface area contributed by atoms with Crippen molar-refractivity contribution in [3.63, 3.8) is 0 Å². The molecule has 37 heavy (non-hydrogen) atoms. The Labute approximate surface area is 211 Å². The van der Waals surface area contributed by atoms with Gasteiger partial charge in [-0.15, -0.1) is 0 Å². The smallest absolute Gasteiger partial charge is 0.450 e. The Hall–Kier alpha value is -4.11. The highest BCUT2D eigenvalue weighted by Gasteiger charge is 2.40. The molecular weight excluding hydrogens is 483 g/mol. The fourth-order valence-corrected chi connectivity index (χ4v) is 4.50. The predicted octanol–water partition coefficient (Wildman–Crippen LogP) is 6.10. The van der Waals surface area contributed by atoms with E-state index in [0.717, 1.165) is 11.6 Å². The van der Waals surface area contributed by atoms with Crippen molar-refractivity contribution in [2.75, 3.05) is 23.3 Å². The van der Waals surface area contributed by atoms with Gasteiger partial charge in [0, 0.05) is 18.7 Å². The second kappa shape index (κ2) is 9.74. The second-order valence-electron chi connectivity index (χ2n) is 8.96. The lowest BCUT2D eigenvalue weighted by Gasteiger charge is -2.39. The highest BCUT2D eigenvalue weighted by molar-refractivity contribution is 6.05. The van der Waals surface area contributed by atoms with Crippen LogP contribution in [0.2, 0.25) is 0 Å². The Morgan fingerprint density at radius 1 is 0.973 bits per heavy atom. The summed E-state index contributed by atoms with van der Waals surface area (Å²) in [5, 5.41) is 13.5. The first kappa shape index (κ1) is 24.6. The number of hydrogen-bond acceptors (Lipinski definition) is 5. The summed E-state index contributed by atoms with van der Waals surface area (Å²) in [5.41, 5.74) is 0.0616. The summed E-state index contributed by atoms with van der Waals surface area (Å²) in [4.78, 5) is 19.2. The minimum absolute atomic E-state index is 0.0490. The van der Waals surface area contributed by atoms with Crippen LogP contribution in [-0.2, 0) is 11.8 Å². The predicted molar refractivity (Wildman–Crippen MR) is 133 cm³/mol. The van der Waals surface area contributed by atoms with E-state index in [1.807, 2.05) is 35.2 Å². The lowest BCUT2D eigenvalue weighted by atomic mass is 9.84. The van der Waals surface area contributed by atoms with Crippen molar-refractivity contribution in [1.29, 1.82) is 0 Å². The first-order chi connectivity index (χ1) is 17.7. The van der Waals surface area contributed by atoms with Crippen molar-refractivity contribution in [3.05, 3.63) is 102 Å². The molecule has 0 spiro atoms. The molecule has 1 fully saturated rings. The van der Waals surface area contributed by atoms with Crippen LogP contribution in [0.5, 0.6) is 0 Å². The van der Waals surface area contributed by atoms with Gasteiger partial charge in [0.1, 0.15) is 11.6 Å². The average Bonchev–Trinajstić information content (AvgIpc) is 3.38. The topological polar surface area (TPSA) is 78.6 Å². The summed E-state index contributed by atoms with van der Waals surface area (Å²) in [6.45, 7) is 1.16. The number of furan rings is 1. The fourth-order valence-electron chi connectivity index (χ4n) is 4.50. The summed E-state index contributed by atoms with van der Waals surface area (Å²) in [7, 11) is 0. The van der Waals surface area contributed by atoms with Gasteiger partial charge in [-0.05, 0) is 36.6 Å². The Kier molecular flexibility index (Phi) is 6.47. The van der Waals surface area contributed by atoms with Gasteiger partial charge in [-0.3, -0.25) is 4.79 Å². The molecule has 0 atom stereocenters. The number of benzene rings is 2. The molecule has 5 rings (SSSR count). The van der Waals surface area contributed by atoms with E-state index in [0.29, 0.717) is 37.3 Å². The Bertz CT molecular complexity index is 1360. The molecule has 3 heterocycles. The Morgan fingerprint density at radius 2 is 1.62 bits per heavy atom. The van der Waals surface area contributed by atoms with Gasteiger partial charge in [-0.1, -0.05) is 60.7 Å². The SMILES string of the molecule is O=C(Nc1ccc(N2CCC(O)(c3ccccc3)CC2)nc1)c1cc(-c2ccccc2)oc1C(F)(F)F. The maximum Gasteiger partial charge on any atom is 0.450 e. The van der Waals surface area contributed by atoms with Crippen LogP contribution in [0.15, 0.2) is 89.5 Å². The Morgan fingerprint density at radius 3 is 2.22 bits per heavy atom. The van der Waals surface area contributed by atoms with Gasteiger partial charge in [0.25, 0.3) is 5.91 Å². The number of halogens is 3. The number of rotatable bonds is 5. The molecule has 0 radical (unpaired) electrons. The Balaban J connectivity index is 1.28. The van der Waals surface area contributed by atoms with E-state index < -0.39 is 29.0 Å². The van der Waals surface area contributed by atoms with Crippen LogP contribution in [-0.4, -0.2) is 29.1 Å². The zero-order valence-corrected chi connectivity index (χ0v) is 19.7. The van der Waals surface area contributed by atoms with E-state index in [1.54, 1.807) is 42.5 Å². The number of hydrogen-bond donors (Lipinski definition) is 2. The summed E-state index contributed by atoms with van der Waals surface area (Å²) in [6.07, 6.45) is -2.38. The van der Waals surface area contributed by atoms with Crippen molar-refractivity contribution in [3.8, 4) is 11.3 Å². The monoisotopic (exact) mass is 507 g/mol. The molecule has 4 aromatic rings. The number of aromatic nitrogens is 1. The molecule has 0 aliphatic carbocycles. The highest BCUT2D eigenvalue weighted by atomic mass is 19.4. The lowest BCUT2D eigenvalue weighted by Crippen LogP contribution is -2.42. The van der Waals surface area contributed by atoms with E-state index in [9.17, 15) is 23.1 Å². The van der Waals surface area contributed by atoms with Crippen LogP contribution < -0.4 is 10.2 Å². The number of aliphatic hydroxyl groups is 1. The van der Waals surface area contributed by atoms with Crippen molar-refractivity contribution in [2.24, 2.45) is 0 Å². The van der Waals surface area contributed by atoms with Crippen molar-refractivity contribution < 1.29 is 27.5 Å². The minimum Gasteiger partial charge on any atom is -0.451 e. The van der Waals surface area contributed by atoms with Crippen molar-refractivity contribution >= 4 is 17.4 Å². The van der Waals surface area contributed by atoms with E-state index in [4.69, 9.17) is 4.42 Å². The van der Waals surface area contributed by atoms with Crippen LogP contribution in [0.25, 0.3) is 11.3 Å². The summed E-state index contributed by atoms with van der Waals surface area (Å²) < 4.78 is 45.8. The zero-order chi connectivity index (χ0) is 26.0. The number of nitrogens with one attached hydrogen (secondary N) is 1. The number of piperidine rings is 1. The molecule has 1 saturated heterocycles. The molecule has 1 amide bonds. The number of amides is 1. The molecule has 2 aromatic carbocycles.